The molecule has 1 aromatic heterocycles. The average molecular weight is 449 g/mol. The van der Waals surface area contributed by atoms with E-state index >= 15 is 0 Å². The van der Waals surface area contributed by atoms with Gasteiger partial charge >= 0.3 is 0 Å². The molecule has 1 saturated heterocycles. The molecule has 6 nitrogen and oxygen atoms in total. The van der Waals surface area contributed by atoms with Crippen molar-refractivity contribution in [3.05, 3.63) is 71.0 Å². The number of hydrogen-bond acceptors (Lipinski definition) is 6. The first-order valence-electron chi connectivity index (χ1n) is 10.8. The highest BCUT2D eigenvalue weighted by Crippen LogP contribution is 2.51. The fourth-order valence-electron chi connectivity index (χ4n) is 4.99. The smallest absolute Gasteiger partial charge is 0.210 e. The summed E-state index contributed by atoms with van der Waals surface area (Å²) in [6.07, 6.45) is 5.63. The first-order valence-corrected chi connectivity index (χ1v) is 11.2. The van der Waals surface area contributed by atoms with Gasteiger partial charge in [-0.3, -0.25) is 14.8 Å². The van der Waals surface area contributed by atoms with Crippen molar-refractivity contribution in [2.24, 2.45) is 0 Å². The lowest BCUT2D eigenvalue weighted by molar-refractivity contribution is -0.199. The first kappa shape index (κ1) is 19.9. The maximum Gasteiger partial charge on any atom is 0.210 e. The molecule has 2 spiro atoms. The Morgan fingerprint density at radius 2 is 1.59 bits per heavy atom. The van der Waals surface area contributed by atoms with Crippen LogP contribution in [0.15, 0.2) is 54.9 Å². The summed E-state index contributed by atoms with van der Waals surface area (Å²) < 4.78 is 18.3. The third kappa shape index (κ3) is 3.13. The van der Waals surface area contributed by atoms with E-state index in [-0.39, 0.29) is 5.78 Å². The molecule has 0 atom stereocenters. The molecule has 0 bridgehead atoms. The monoisotopic (exact) mass is 448 g/mol. The van der Waals surface area contributed by atoms with Gasteiger partial charge in [-0.15, -0.1) is 0 Å². The molecule has 2 fully saturated rings. The van der Waals surface area contributed by atoms with Crippen molar-refractivity contribution in [2.45, 2.75) is 37.1 Å². The van der Waals surface area contributed by atoms with Crippen molar-refractivity contribution in [3.8, 4) is 0 Å². The van der Waals surface area contributed by atoms with Crippen LogP contribution in [0.3, 0.4) is 0 Å². The molecule has 162 valence electrons. The Kier molecular flexibility index (Phi) is 4.57. The molecule has 1 saturated carbocycles. The van der Waals surface area contributed by atoms with Crippen LogP contribution in [0.4, 0.5) is 0 Å². The predicted molar refractivity (Wildman–Crippen MR) is 120 cm³/mol. The molecule has 0 N–H and O–H groups in total. The number of ketones is 1. The number of benzene rings is 2. The molecule has 7 heteroatoms. The highest BCUT2D eigenvalue weighted by atomic mass is 35.5. The number of carbonyl (C=O) groups excluding carboxylic acids is 1. The lowest BCUT2D eigenvalue weighted by Crippen LogP contribution is -2.47. The predicted octanol–water partition coefficient (Wildman–Crippen LogP) is 4.81. The van der Waals surface area contributed by atoms with Gasteiger partial charge in [-0.2, -0.15) is 0 Å². The quantitative estimate of drug-likeness (QED) is 0.560. The summed E-state index contributed by atoms with van der Waals surface area (Å²) in [5.41, 5.74) is 2.71. The number of carbonyl (C=O) groups is 1. The molecule has 0 unspecified atom stereocenters. The fraction of sp³-hybridized carbons (Fsp3) is 0.320. The second-order valence-electron chi connectivity index (χ2n) is 8.51. The van der Waals surface area contributed by atoms with E-state index in [0.717, 1.165) is 22.2 Å². The number of rotatable bonds is 2. The fourth-order valence-corrected chi connectivity index (χ4v) is 5.18. The number of nitrogens with zero attached hydrogens (tertiary/aromatic N) is 2. The van der Waals surface area contributed by atoms with E-state index in [0.29, 0.717) is 55.3 Å². The van der Waals surface area contributed by atoms with Gasteiger partial charge in [0.15, 0.2) is 11.4 Å². The summed E-state index contributed by atoms with van der Waals surface area (Å²) in [6.45, 7) is 1.19. The van der Waals surface area contributed by atoms with Crippen molar-refractivity contribution in [2.75, 3.05) is 13.2 Å². The standard InChI is InChI=1S/C25H21ClN2O4/c26-18-3-1-2-16(14-18)21-22(17-4-5-19-20(15-17)28-11-10-27-19)32-24(23(21)29)6-8-25(9-7-24)30-12-13-31-25/h1-5,10-11,14-15H,6-9,12-13H2. The topological polar surface area (TPSA) is 70.5 Å². The van der Waals surface area contributed by atoms with Crippen molar-refractivity contribution in [3.63, 3.8) is 0 Å². The number of halogens is 1. The van der Waals surface area contributed by atoms with Crippen LogP contribution in [-0.4, -0.2) is 40.4 Å². The molecule has 0 amide bonds. The average Bonchev–Trinajstić information content (AvgIpc) is 3.39. The van der Waals surface area contributed by atoms with Crippen molar-refractivity contribution < 1.29 is 19.0 Å². The van der Waals surface area contributed by atoms with Gasteiger partial charge in [0.1, 0.15) is 5.76 Å². The largest absolute Gasteiger partial charge is 0.478 e. The summed E-state index contributed by atoms with van der Waals surface area (Å²) in [7, 11) is 0. The van der Waals surface area contributed by atoms with Crippen LogP contribution in [0.5, 0.6) is 0 Å². The summed E-state index contributed by atoms with van der Waals surface area (Å²) in [5.74, 6) is -0.0252. The third-order valence-corrected chi connectivity index (χ3v) is 6.88. The lowest BCUT2D eigenvalue weighted by Gasteiger charge is -2.40. The van der Waals surface area contributed by atoms with E-state index in [1.165, 1.54) is 0 Å². The normalized spacial score (nSPS) is 21.6. The van der Waals surface area contributed by atoms with Gasteiger partial charge in [0, 0.05) is 35.8 Å². The first-order chi connectivity index (χ1) is 15.6. The minimum Gasteiger partial charge on any atom is -0.478 e. The molecule has 3 heterocycles. The van der Waals surface area contributed by atoms with E-state index in [9.17, 15) is 4.79 Å². The van der Waals surface area contributed by atoms with Crippen LogP contribution in [0.25, 0.3) is 22.4 Å². The Morgan fingerprint density at radius 3 is 2.34 bits per heavy atom. The van der Waals surface area contributed by atoms with E-state index in [4.69, 9.17) is 25.8 Å². The van der Waals surface area contributed by atoms with Crippen LogP contribution in [0, 0.1) is 0 Å². The zero-order valence-corrected chi connectivity index (χ0v) is 18.1. The third-order valence-electron chi connectivity index (χ3n) is 6.64. The molecule has 1 aliphatic carbocycles. The minimum atomic E-state index is -0.926. The van der Waals surface area contributed by atoms with Gasteiger partial charge in [-0.1, -0.05) is 23.7 Å². The van der Waals surface area contributed by atoms with Crippen molar-refractivity contribution >= 4 is 39.7 Å². The molecule has 2 aliphatic heterocycles. The van der Waals surface area contributed by atoms with Gasteiger partial charge in [0.2, 0.25) is 5.78 Å². The van der Waals surface area contributed by atoms with Gasteiger partial charge in [0.05, 0.1) is 29.8 Å². The summed E-state index contributed by atoms with van der Waals surface area (Å²) in [6, 6.07) is 13.1. The van der Waals surface area contributed by atoms with E-state index < -0.39 is 11.4 Å². The number of ether oxygens (including phenoxy) is 3. The Hall–Kier alpha value is -2.80. The van der Waals surface area contributed by atoms with E-state index in [1.807, 2.05) is 36.4 Å². The Balaban J connectivity index is 1.44. The maximum absolute atomic E-state index is 13.9. The molecule has 2 aromatic carbocycles. The number of hydrogen-bond donors (Lipinski definition) is 0. The lowest BCUT2D eigenvalue weighted by atomic mass is 9.77. The highest BCUT2D eigenvalue weighted by molar-refractivity contribution is 6.34. The van der Waals surface area contributed by atoms with Gasteiger partial charge in [-0.25, -0.2) is 0 Å². The Morgan fingerprint density at radius 1 is 0.844 bits per heavy atom. The minimum absolute atomic E-state index is 0.0122. The zero-order valence-electron chi connectivity index (χ0n) is 17.3. The van der Waals surface area contributed by atoms with E-state index in [2.05, 4.69) is 9.97 Å². The van der Waals surface area contributed by atoms with Gasteiger partial charge in [0.25, 0.3) is 0 Å². The van der Waals surface area contributed by atoms with Crippen LogP contribution >= 0.6 is 11.6 Å². The molecule has 3 aliphatic rings. The Bertz CT molecular complexity index is 1260. The van der Waals surface area contributed by atoms with Crippen LogP contribution in [-0.2, 0) is 19.0 Å². The number of Topliss-reactive ketones (excluding diaryl/α,β-unsaturated/α-hetero) is 1. The number of aromatic nitrogens is 2. The highest BCUT2D eigenvalue weighted by Gasteiger charge is 2.56. The molecular weight excluding hydrogens is 428 g/mol. The van der Waals surface area contributed by atoms with Crippen LogP contribution < -0.4 is 0 Å². The summed E-state index contributed by atoms with van der Waals surface area (Å²) >= 11 is 6.28. The van der Waals surface area contributed by atoms with Crippen molar-refractivity contribution in [1.29, 1.82) is 0 Å². The van der Waals surface area contributed by atoms with Gasteiger partial charge in [-0.05, 0) is 48.7 Å². The second kappa shape index (κ2) is 7.37. The van der Waals surface area contributed by atoms with Crippen molar-refractivity contribution in [1.82, 2.24) is 9.97 Å². The van der Waals surface area contributed by atoms with Crippen LogP contribution in [0.1, 0.15) is 36.8 Å². The molecule has 32 heavy (non-hydrogen) atoms. The van der Waals surface area contributed by atoms with E-state index in [1.54, 1.807) is 18.5 Å². The zero-order chi connectivity index (χ0) is 21.8. The van der Waals surface area contributed by atoms with Crippen LogP contribution in [0.2, 0.25) is 5.02 Å². The molecular formula is C25H21ClN2O4. The maximum atomic E-state index is 13.9. The molecule has 6 rings (SSSR count). The second-order valence-corrected chi connectivity index (χ2v) is 8.94. The molecule has 0 radical (unpaired) electrons. The molecule has 3 aromatic rings. The number of fused-ring (bicyclic) bond motifs is 1. The van der Waals surface area contributed by atoms with Gasteiger partial charge < -0.3 is 14.2 Å². The summed E-state index contributed by atoms with van der Waals surface area (Å²) in [5, 5.41) is 0.572. The summed E-state index contributed by atoms with van der Waals surface area (Å²) in [4.78, 5) is 22.7. The SMILES string of the molecule is O=C1C(c2cccc(Cl)c2)=C(c2ccc3nccnc3c2)OC12CCC1(CC2)OCCO1. The Labute approximate surface area is 190 Å².